The number of carbonyl (C=O) groups is 2. The summed E-state index contributed by atoms with van der Waals surface area (Å²) in [4.78, 5) is 26.3. The van der Waals surface area contributed by atoms with E-state index in [1.54, 1.807) is 44.2 Å². The molecule has 4 rings (SSSR count). The molecule has 2 aromatic carbocycles. The highest BCUT2D eigenvalue weighted by molar-refractivity contribution is 7.90. The van der Waals surface area contributed by atoms with Crippen molar-refractivity contribution in [3.8, 4) is 0 Å². The largest absolute Gasteiger partial charge is 0.507 e. The zero-order chi connectivity index (χ0) is 24.6. The van der Waals surface area contributed by atoms with Crippen molar-refractivity contribution in [2.45, 2.75) is 31.2 Å². The van der Waals surface area contributed by atoms with Crippen LogP contribution in [0.15, 0.2) is 77.5 Å². The lowest BCUT2D eigenvalue weighted by molar-refractivity contribution is -0.140. The van der Waals surface area contributed by atoms with E-state index in [-0.39, 0.29) is 35.0 Å². The molecule has 1 saturated heterocycles. The second-order valence-electron chi connectivity index (χ2n) is 8.33. The molecule has 3 aromatic rings. The van der Waals surface area contributed by atoms with Gasteiger partial charge in [-0.15, -0.1) is 0 Å². The second-order valence-corrected chi connectivity index (χ2v) is 10.2. The Labute approximate surface area is 196 Å². The normalized spacial score (nSPS) is 15.9. The van der Waals surface area contributed by atoms with Crippen molar-refractivity contribution in [1.29, 1.82) is 0 Å². The van der Waals surface area contributed by atoms with Gasteiger partial charge in [0, 0.05) is 24.0 Å². The van der Waals surface area contributed by atoms with Crippen molar-refractivity contribution in [1.82, 2.24) is 8.87 Å². The van der Waals surface area contributed by atoms with Gasteiger partial charge in [-0.1, -0.05) is 30.3 Å². The van der Waals surface area contributed by atoms with Gasteiger partial charge in [0.1, 0.15) is 11.6 Å². The van der Waals surface area contributed by atoms with Gasteiger partial charge in [0.2, 0.25) is 0 Å². The standard InChI is InChI=1S/C25H23FN2O5S/c1-16(2)28-15-22(24(30)25(28)31)23(29)21-14-27(34(32,33)20-6-4-3-5-7-20)13-18(21)12-17-8-10-19(26)11-9-17/h3-11,13-14,16,29H,12,15H2,1-2H3. The lowest BCUT2D eigenvalue weighted by Gasteiger charge is -2.18. The molecular formula is C25H23FN2O5S. The molecule has 1 fully saturated rings. The maximum absolute atomic E-state index is 13.4. The van der Waals surface area contributed by atoms with Gasteiger partial charge >= 0.3 is 0 Å². The van der Waals surface area contributed by atoms with E-state index >= 15 is 0 Å². The molecule has 0 atom stereocenters. The summed E-state index contributed by atoms with van der Waals surface area (Å²) in [7, 11) is -3.98. The van der Waals surface area contributed by atoms with Crippen LogP contribution in [0.5, 0.6) is 0 Å². The molecule has 0 unspecified atom stereocenters. The molecule has 1 amide bonds. The molecule has 9 heteroatoms. The van der Waals surface area contributed by atoms with E-state index < -0.39 is 33.3 Å². The Kier molecular flexibility index (Phi) is 6.14. The van der Waals surface area contributed by atoms with Crippen molar-refractivity contribution in [2.75, 3.05) is 6.54 Å². The highest BCUT2D eigenvalue weighted by Gasteiger charge is 2.38. The Morgan fingerprint density at radius 2 is 1.68 bits per heavy atom. The number of aliphatic hydroxyl groups excluding tert-OH is 1. The van der Waals surface area contributed by atoms with Crippen LogP contribution in [-0.4, -0.2) is 46.7 Å². The van der Waals surface area contributed by atoms with Crippen molar-refractivity contribution in [2.24, 2.45) is 0 Å². The molecule has 34 heavy (non-hydrogen) atoms. The fourth-order valence-corrected chi connectivity index (χ4v) is 5.09. The van der Waals surface area contributed by atoms with Gasteiger partial charge in [0.05, 0.1) is 17.0 Å². The minimum absolute atomic E-state index is 0.0510. The second kappa shape index (κ2) is 8.90. The SMILES string of the molecule is CC(C)N1CC(=C(O)c2cn(S(=O)(=O)c3ccccc3)cc2Cc2ccc(F)cc2)C(=O)C1=O. The minimum Gasteiger partial charge on any atom is -0.507 e. The first-order chi connectivity index (χ1) is 16.1. The van der Waals surface area contributed by atoms with Crippen LogP contribution in [0.2, 0.25) is 0 Å². The van der Waals surface area contributed by atoms with Crippen molar-refractivity contribution >= 4 is 27.5 Å². The molecule has 176 valence electrons. The zero-order valence-electron chi connectivity index (χ0n) is 18.6. The van der Waals surface area contributed by atoms with E-state index in [0.717, 1.165) is 3.97 Å². The van der Waals surface area contributed by atoms with Crippen molar-refractivity contribution in [3.05, 3.63) is 95.1 Å². The Hall–Kier alpha value is -3.72. The molecule has 2 heterocycles. The van der Waals surface area contributed by atoms with Gasteiger partial charge < -0.3 is 10.0 Å². The minimum atomic E-state index is -3.98. The average molecular weight is 483 g/mol. The Morgan fingerprint density at radius 3 is 2.26 bits per heavy atom. The number of Topliss-reactive ketones (excluding diaryl/α,β-unsaturated/α-hetero) is 1. The van der Waals surface area contributed by atoms with Crippen LogP contribution in [-0.2, 0) is 26.0 Å². The predicted molar refractivity (Wildman–Crippen MR) is 124 cm³/mol. The quantitative estimate of drug-likeness (QED) is 0.329. The van der Waals surface area contributed by atoms with Crippen LogP contribution in [0.3, 0.4) is 0 Å². The van der Waals surface area contributed by atoms with Crippen LogP contribution in [0.4, 0.5) is 4.39 Å². The Balaban J connectivity index is 1.84. The third-order valence-corrected chi connectivity index (χ3v) is 7.37. The van der Waals surface area contributed by atoms with E-state index in [0.29, 0.717) is 11.1 Å². The van der Waals surface area contributed by atoms with Crippen LogP contribution in [0.1, 0.15) is 30.5 Å². The number of hydrogen-bond acceptors (Lipinski definition) is 5. The maximum Gasteiger partial charge on any atom is 0.295 e. The first kappa shape index (κ1) is 23.4. The molecule has 1 N–H and O–H groups in total. The zero-order valence-corrected chi connectivity index (χ0v) is 19.4. The van der Waals surface area contributed by atoms with Crippen molar-refractivity contribution in [3.63, 3.8) is 0 Å². The van der Waals surface area contributed by atoms with Crippen LogP contribution in [0, 0.1) is 5.82 Å². The van der Waals surface area contributed by atoms with Gasteiger partial charge in [0.25, 0.3) is 21.7 Å². The first-order valence-corrected chi connectivity index (χ1v) is 12.1. The summed E-state index contributed by atoms with van der Waals surface area (Å²) in [5, 5.41) is 11.1. The molecule has 1 aliphatic rings. The molecular weight excluding hydrogens is 459 g/mol. The molecule has 1 aromatic heterocycles. The van der Waals surface area contributed by atoms with Gasteiger partial charge in [-0.3, -0.25) is 9.59 Å². The van der Waals surface area contributed by atoms with Gasteiger partial charge in [0.15, 0.2) is 0 Å². The number of rotatable bonds is 6. The summed E-state index contributed by atoms with van der Waals surface area (Å²) in [5.74, 6) is -2.40. The number of amides is 1. The number of benzene rings is 2. The third kappa shape index (κ3) is 4.26. The highest BCUT2D eigenvalue weighted by atomic mass is 32.2. The van der Waals surface area contributed by atoms with Crippen LogP contribution >= 0.6 is 0 Å². The number of halogens is 1. The summed E-state index contributed by atoms with van der Waals surface area (Å²) >= 11 is 0. The maximum atomic E-state index is 13.4. The van der Waals surface area contributed by atoms with Crippen molar-refractivity contribution < 1.29 is 27.5 Å². The lowest BCUT2D eigenvalue weighted by Crippen LogP contribution is -2.33. The third-order valence-electron chi connectivity index (χ3n) is 5.73. The van der Waals surface area contributed by atoms with Gasteiger partial charge in [-0.05, 0) is 55.7 Å². The fraction of sp³-hybridized carbons (Fsp3) is 0.200. The van der Waals surface area contributed by atoms with Gasteiger partial charge in [-0.2, -0.15) is 0 Å². The predicted octanol–water partition coefficient (Wildman–Crippen LogP) is 3.54. The number of likely N-dealkylation sites (tertiary alicyclic amines) is 1. The van der Waals surface area contributed by atoms with E-state index in [1.165, 1.54) is 41.6 Å². The summed E-state index contributed by atoms with van der Waals surface area (Å²) in [6, 6.07) is 13.2. The number of aromatic nitrogens is 1. The summed E-state index contributed by atoms with van der Waals surface area (Å²) < 4.78 is 40.7. The van der Waals surface area contributed by atoms with Crippen LogP contribution < -0.4 is 0 Å². The topological polar surface area (TPSA) is 96.7 Å². The smallest absolute Gasteiger partial charge is 0.295 e. The number of nitrogens with zero attached hydrogens (tertiary/aromatic N) is 2. The molecule has 0 spiro atoms. The lowest BCUT2D eigenvalue weighted by atomic mass is 10.0. The van der Waals surface area contributed by atoms with E-state index in [2.05, 4.69) is 0 Å². The van der Waals surface area contributed by atoms with Crippen LogP contribution in [0.25, 0.3) is 5.76 Å². The summed E-state index contributed by atoms with van der Waals surface area (Å²) in [5.41, 5.74) is 1.10. The highest BCUT2D eigenvalue weighted by Crippen LogP contribution is 2.30. The van der Waals surface area contributed by atoms with E-state index in [1.807, 2.05) is 0 Å². The summed E-state index contributed by atoms with van der Waals surface area (Å²) in [6.07, 6.45) is 2.76. The fourth-order valence-electron chi connectivity index (χ4n) is 3.84. The van der Waals surface area contributed by atoms with Gasteiger partial charge in [-0.25, -0.2) is 16.8 Å². The molecule has 7 nitrogen and oxygen atoms in total. The number of ketones is 1. The number of hydrogen-bond donors (Lipinski definition) is 1. The number of carbonyl (C=O) groups excluding carboxylic acids is 2. The molecule has 0 bridgehead atoms. The van der Waals surface area contributed by atoms with E-state index in [4.69, 9.17) is 0 Å². The monoisotopic (exact) mass is 482 g/mol. The average Bonchev–Trinajstić information content (AvgIpc) is 3.37. The van der Waals surface area contributed by atoms with E-state index in [9.17, 15) is 27.5 Å². The molecule has 1 aliphatic heterocycles. The number of aliphatic hydroxyl groups is 1. The molecule has 0 aliphatic carbocycles. The Bertz CT molecular complexity index is 1390. The molecule has 0 saturated carbocycles. The Morgan fingerprint density at radius 1 is 1.03 bits per heavy atom. The summed E-state index contributed by atoms with van der Waals surface area (Å²) in [6.45, 7) is 3.44. The first-order valence-electron chi connectivity index (χ1n) is 10.6. The molecule has 0 radical (unpaired) electrons.